The van der Waals surface area contributed by atoms with Gasteiger partial charge in [-0.1, -0.05) is 17.3 Å². The second-order valence-corrected chi connectivity index (χ2v) is 7.54. The number of benzene rings is 1. The summed E-state index contributed by atoms with van der Waals surface area (Å²) < 4.78 is 1.25. The van der Waals surface area contributed by atoms with Crippen LogP contribution in [0.5, 0.6) is 0 Å². The van der Waals surface area contributed by atoms with E-state index in [4.69, 9.17) is 4.84 Å². The molecule has 1 aromatic rings. The minimum atomic E-state index is -0.263. The topological polar surface area (TPSA) is 45.1 Å². The van der Waals surface area contributed by atoms with Gasteiger partial charge < -0.3 is 9.94 Å². The summed E-state index contributed by atoms with van der Waals surface area (Å²) in [5, 5.41) is 14.4. The summed E-state index contributed by atoms with van der Waals surface area (Å²) in [5.74, 6) is 0. The fourth-order valence-electron chi connectivity index (χ4n) is 3.92. The Morgan fingerprint density at radius 2 is 2.13 bits per heavy atom. The molecule has 4 nitrogen and oxygen atoms in total. The van der Waals surface area contributed by atoms with Crippen LogP contribution in [0.25, 0.3) is 5.57 Å². The zero-order chi connectivity index (χ0) is 16.4. The highest BCUT2D eigenvalue weighted by Crippen LogP contribution is 2.43. The summed E-state index contributed by atoms with van der Waals surface area (Å²) in [6.07, 6.45) is 5.17. The number of hydrogen-bond acceptors (Lipinski definition) is 4. The van der Waals surface area contributed by atoms with Gasteiger partial charge >= 0.3 is 0 Å². The van der Waals surface area contributed by atoms with Crippen molar-refractivity contribution in [2.24, 2.45) is 5.16 Å². The number of aliphatic hydroxyl groups excluding tert-OH is 1. The number of halogens is 1. The Bertz CT molecular complexity index is 612. The molecule has 2 heterocycles. The Hall–Kier alpha value is -0.920. The van der Waals surface area contributed by atoms with Crippen LogP contribution in [0.1, 0.15) is 31.2 Å². The lowest BCUT2D eigenvalue weighted by atomic mass is 9.86. The Labute approximate surface area is 151 Å². The number of nitrogens with zero attached hydrogens (tertiary/aromatic N) is 2. The second-order valence-electron chi connectivity index (χ2n) is 6.29. The molecule has 3 rings (SSSR count). The Balaban J connectivity index is 1.95. The molecule has 0 spiro atoms. The van der Waals surface area contributed by atoms with Crippen LogP contribution in [-0.4, -0.2) is 48.6 Å². The first kappa shape index (κ1) is 16.9. The van der Waals surface area contributed by atoms with Gasteiger partial charge in [-0.3, -0.25) is 4.90 Å². The lowest BCUT2D eigenvalue weighted by Gasteiger charge is -2.36. The molecule has 3 atom stereocenters. The van der Waals surface area contributed by atoms with E-state index in [1.54, 1.807) is 7.11 Å². The van der Waals surface area contributed by atoms with E-state index in [2.05, 4.69) is 64.0 Å². The van der Waals surface area contributed by atoms with E-state index in [1.165, 1.54) is 20.3 Å². The maximum atomic E-state index is 10.5. The second kappa shape index (κ2) is 7.32. The van der Waals surface area contributed by atoms with E-state index in [0.717, 1.165) is 25.7 Å². The molecular weight excluding hydrogens is 403 g/mol. The average molecular weight is 426 g/mol. The number of likely N-dealkylation sites (N-methyl/N-ethyl adjacent to an activating group) is 1. The Morgan fingerprint density at radius 3 is 2.83 bits per heavy atom. The first-order valence-electron chi connectivity index (χ1n) is 8.04. The molecule has 1 fully saturated rings. The monoisotopic (exact) mass is 426 g/mol. The van der Waals surface area contributed by atoms with Gasteiger partial charge in [-0.2, -0.15) is 0 Å². The van der Waals surface area contributed by atoms with Crippen LogP contribution in [0.3, 0.4) is 0 Å². The molecule has 5 heteroatoms. The summed E-state index contributed by atoms with van der Waals surface area (Å²) in [6, 6.07) is 9.31. The van der Waals surface area contributed by atoms with Crippen molar-refractivity contribution in [2.45, 2.75) is 43.9 Å². The number of rotatable bonds is 5. The number of fused-ring (bicyclic) bond motifs is 2. The van der Waals surface area contributed by atoms with Gasteiger partial charge in [0, 0.05) is 15.8 Å². The van der Waals surface area contributed by atoms with Crippen molar-refractivity contribution >= 4 is 34.4 Å². The van der Waals surface area contributed by atoms with Crippen molar-refractivity contribution in [1.29, 1.82) is 0 Å². The van der Waals surface area contributed by atoms with Crippen LogP contribution in [0.4, 0.5) is 0 Å². The van der Waals surface area contributed by atoms with Crippen LogP contribution in [0.2, 0.25) is 0 Å². The van der Waals surface area contributed by atoms with Gasteiger partial charge in [-0.25, -0.2) is 0 Å². The molecule has 1 aromatic carbocycles. The summed E-state index contributed by atoms with van der Waals surface area (Å²) in [5.41, 5.74) is 4.07. The number of hydrogen-bond donors (Lipinski definition) is 1. The molecule has 0 amide bonds. The summed E-state index contributed by atoms with van der Waals surface area (Å²) in [6.45, 7) is 0. The van der Waals surface area contributed by atoms with Gasteiger partial charge in [0.2, 0.25) is 0 Å². The van der Waals surface area contributed by atoms with Gasteiger partial charge in [0.1, 0.15) is 7.11 Å². The van der Waals surface area contributed by atoms with Crippen molar-refractivity contribution in [2.75, 3.05) is 14.2 Å². The molecule has 0 saturated carbocycles. The maximum absolute atomic E-state index is 10.5. The highest BCUT2D eigenvalue weighted by atomic mass is 127. The molecule has 0 radical (unpaired) electrons. The zero-order valence-electron chi connectivity index (χ0n) is 13.6. The smallest absolute Gasteiger partial charge is 0.106 e. The molecule has 1 saturated heterocycles. The SMILES string of the molecule is CON=CCCC1=C(c2ccc(I)cc2)CC2CC(O)C1N2C. The van der Waals surface area contributed by atoms with E-state index in [1.807, 2.05) is 6.21 Å². The molecule has 124 valence electrons. The maximum Gasteiger partial charge on any atom is 0.106 e. The van der Waals surface area contributed by atoms with Gasteiger partial charge in [-0.15, -0.1) is 0 Å². The normalized spacial score (nSPS) is 27.9. The van der Waals surface area contributed by atoms with E-state index >= 15 is 0 Å². The third kappa shape index (κ3) is 3.46. The Kier molecular flexibility index (Phi) is 5.38. The molecule has 2 aliphatic heterocycles. The minimum Gasteiger partial charge on any atom is -0.399 e. The molecule has 23 heavy (non-hydrogen) atoms. The van der Waals surface area contributed by atoms with Crippen molar-refractivity contribution in [3.05, 3.63) is 39.0 Å². The molecular formula is C18H23IN2O2. The van der Waals surface area contributed by atoms with Crippen molar-refractivity contribution in [3.8, 4) is 0 Å². The third-order valence-corrected chi connectivity index (χ3v) is 5.71. The van der Waals surface area contributed by atoms with Gasteiger partial charge in [0.05, 0.1) is 12.1 Å². The van der Waals surface area contributed by atoms with E-state index in [-0.39, 0.29) is 12.1 Å². The fraction of sp³-hybridized carbons (Fsp3) is 0.500. The largest absolute Gasteiger partial charge is 0.399 e. The van der Waals surface area contributed by atoms with Crippen molar-refractivity contribution in [1.82, 2.24) is 4.90 Å². The molecule has 0 aliphatic carbocycles. The highest BCUT2D eigenvalue weighted by molar-refractivity contribution is 14.1. The minimum absolute atomic E-state index is 0.138. The van der Waals surface area contributed by atoms with Crippen LogP contribution >= 0.6 is 22.6 Å². The zero-order valence-corrected chi connectivity index (χ0v) is 15.7. The lowest BCUT2D eigenvalue weighted by Crippen LogP contribution is -2.40. The molecule has 2 bridgehead atoms. The molecule has 1 N–H and O–H groups in total. The van der Waals surface area contributed by atoms with Crippen LogP contribution in [0, 0.1) is 3.57 Å². The first-order chi connectivity index (χ1) is 11.1. The standard InChI is InChI=1S/C18H23IN2O2/c1-21-14-10-16(12-5-7-13(19)8-6-12)15(4-3-9-20-23-2)18(21)17(22)11-14/h5-9,14,17-18,22H,3-4,10-11H2,1-2H3. The van der Waals surface area contributed by atoms with Crippen LogP contribution < -0.4 is 0 Å². The third-order valence-electron chi connectivity index (χ3n) is 4.99. The Morgan fingerprint density at radius 1 is 1.39 bits per heavy atom. The first-order valence-corrected chi connectivity index (χ1v) is 9.12. The highest BCUT2D eigenvalue weighted by Gasteiger charge is 2.44. The quantitative estimate of drug-likeness (QED) is 0.447. The summed E-state index contributed by atoms with van der Waals surface area (Å²) >= 11 is 2.34. The van der Waals surface area contributed by atoms with Crippen LogP contribution in [-0.2, 0) is 4.84 Å². The molecule has 2 aliphatic rings. The van der Waals surface area contributed by atoms with Gasteiger partial charge in [0.15, 0.2) is 0 Å². The average Bonchev–Trinajstić information content (AvgIpc) is 2.72. The van der Waals surface area contributed by atoms with E-state index in [9.17, 15) is 5.11 Å². The number of oxime groups is 1. The number of aliphatic hydroxyl groups is 1. The van der Waals surface area contributed by atoms with Gasteiger partial charge in [0.25, 0.3) is 0 Å². The van der Waals surface area contributed by atoms with E-state index in [0.29, 0.717) is 6.04 Å². The van der Waals surface area contributed by atoms with Crippen molar-refractivity contribution in [3.63, 3.8) is 0 Å². The predicted octanol–water partition coefficient (Wildman–Crippen LogP) is 3.29. The lowest BCUT2D eigenvalue weighted by molar-refractivity contribution is 0.139. The van der Waals surface area contributed by atoms with E-state index < -0.39 is 0 Å². The van der Waals surface area contributed by atoms with Crippen LogP contribution in [0.15, 0.2) is 35.0 Å². The summed E-state index contributed by atoms with van der Waals surface area (Å²) in [4.78, 5) is 7.10. The fourth-order valence-corrected chi connectivity index (χ4v) is 4.28. The summed E-state index contributed by atoms with van der Waals surface area (Å²) in [7, 11) is 3.70. The molecule has 3 unspecified atom stereocenters. The van der Waals surface area contributed by atoms with Crippen molar-refractivity contribution < 1.29 is 9.94 Å². The van der Waals surface area contributed by atoms with Gasteiger partial charge in [-0.05, 0) is 84.2 Å². The molecule has 0 aromatic heterocycles. The predicted molar refractivity (Wildman–Crippen MR) is 101 cm³/mol.